The Morgan fingerprint density at radius 3 is 3.00 bits per heavy atom. The highest BCUT2D eigenvalue weighted by molar-refractivity contribution is 5.63. The summed E-state index contributed by atoms with van der Waals surface area (Å²) in [6.45, 7) is 2.42. The Morgan fingerprint density at radius 1 is 1.43 bits per heavy atom. The summed E-state index contributed by atoms with van der Waals surface area (Å²) in [4.78, 5) is 4.05. The van der Waals surface area contributed by atoms with Crippen LogP contribution in [0.5, 0.6) is 0 Å². The van der Waals surface area contributed by atoms with Gasteiger partial charge in [-0.15, -0.1) is 0 Å². The lowest BCUT2D eigenvalue weighted by Gasteiger charge is -2.01. The van der Waals surface area contributed by atoms with E-state index < -0.39 is 0 Å². The van der Waals surface area contributed by atoms with E-state index >= 15 is 0 Å². The van der Waals surface area contributed by atoms with Gasteiger partial charge in [-0.3, -0.25) is 4.98 Å². The average Bonchev–Trinajstić information content (AvgIpc) is 2.66. The molecular formula is C10H11N3O. The van der Waals surface area contributed by atoms with E-state index in [-0.39, 0.29) is 0 Å². The molecule has 0 bridgehead atoms. The molecule has 2 N–H and O–H groups in total. The Kier molecular flexibility index (Phi) is 2.28. The Morgan fingerprint density at radius 2 is 2.29 bits per heavy atom. The third-order valence-electron chi connectivity index (χ3n) is 2.15. The van der Waals surface area contributed by atoms with Gasteiger partial charge >= 0.3 is 0 Å². The van der Waals surface area contributed by atoms with Crippen molar-refractivity contribution in [3.8, 4) is 11.3 Å². The lowest BCUT2D eigenvalue weighted by Crippen LogP contribution is -1.96. The van der Waals surface area contributed by atoms with Crippen molar-refractivity contribution in [1.82, 2.24) is 10.1 Å². The van der Waals surface area contributed by atoms with Gasteiger partial charge in [0.25, 0.3) is 0 Å². The van der Waals surface area contributed by atoms with E-state index in [0.717, 1.165) is 22.5 Å². The van der Waals surface area contributed by atoms with Gasteiger partial charge in [-0.2, -0.15) is 0 Å². The first kappa shape index (κ1) is 8.90. The van der Waals surface area contributed by atoms with Crippen LogP contribution in [0.15, 0.2) is 29.2 Å². The highest BCUT2D eigenvalue weighted by Crippen LogP contribution is 2.25. The molecule has 0 aliphatic rings. The molecule has 0 atom stereocenters. The molecule has 0 aliphatic heterocycles. The molecule has 0 radical (unpaired) electrons. The van der Waals surface area contributed by atoms with E-state index in [0.29, 0.717) is 6.54 Å². The molecule has 0 aromatic carbocycles. The molecule has 0 unspecified atom stereocenters. The largest absolute Gasteiger partial charge is 0.356 e. The van der Waals surface area contributed by atoms with E-state index in [1.807, 2.05) is 13.0 Å². The molecule has 0 spiro atoms. The molecule has 2 aromatic rings. The molecular weight excluding hydrogens is 178 g/mol. The lowest BCUT2D eigenvalue weighted by molar-refractivity contribution is 0.431. The molecule has 0 amide bonds. The van der Waals surface area contributed by atoms with Gasteiger partial charge < -0.3 is 10.3 Å². The van der Waals surface area contributed by atoms with Gasteiger partial charge in [0.15, 0.2) is 5.76 Å². The number of aromatic nitrogens is 2. The van der Waals surface area contributed by atoms with Crippen LogP contribution in [0.2, 0.25) is 0 Å². The van der Waals surface area contributed by atoms with Crippen molar-refractivity contribution >= 4 is 0 Å². The third kappa shape index (κ3) is 1.40. The van der Waals surface area contributed by atoms with Crippen LogP contribution >= 0.6 is 0 Å². The van der Waals surface area contributed by atoms with Crippen molar-refractivity contribution in [2.24, 2.45) is 5.73 Å². The second-order valence-electron chi connectivity index (χ2n) is 3.07. The minimum absolute atomic E-state index is 0.424. The molecule has 14 heavy (non-hydrogen) atoms. The van der Waals surface area contributed by atoms with Gasteiger partial charge in [0.1, 0.15) is 0 Å². The van der Waals surface area contributed by atoms with Crippen LogP contribution in [0.4, 0.5) is 0 Å². The van der Waals surface area contributed by atoms with E-state index in [1.54, 1.807) is 18.6 Å². The molecule has 2 rings (SSSR count). The lowest BCUT2D eigenvalue weighted by atomic mass is 10.1. The minimum atomic E-state index is 0.424. The van der Waals surface area contributed by atoms with E-state index in [4.69, 9.17) is 10.3 Å². The summed E-state index contributed by atoms with van der Waals surface area (Å²) in [5, 5.41) is 3.73. The molecule has 2 heterocycles. The molecule has 4 heteroatoms. The summed E-state index contributed by atoms with van der Waals surface area (Å²) in [5.41, 5.74) is 8.52. The van der Waals surface area contributed by atoms with Crippen LogP contribution in [-0.4, -0.2) is 10.1 Å². The van der Waals surface area contributed by atoms with E-state index in [9.17, 15) is 0 Å². The van der Waals surface area contributed by atoms with Crippen LogP contribution in [0, 0.1) is 6.92 Å². The van der Waals surface area contributed by atoms with E-state index in [1.165, 1.54) is 0 Å². The van der Waals surface area contributed by atoms with Crippen LogP contribution in [-0.2, 0) is 6.54 Å². The fourth-order valence-electron chi connectivity index (χ4n) is 1.33. The maximum absolute atomic E-state index is 5.56. The zero-order chi connectivity index (χ0) is 9.97. The smallest absolute Gasteiger partial charge is 0.173 e. The number of hydrogen-bond acceptors (Lipinski definition) is 4. The Bertz CT molecular complexity index is 436. The summed E-state index contributed by atoms with van der Waals surface area (Å²) in [6.07, 6.45) is 5.15. The predicted octanol–water partition coefficient (Wildman–Crippen LogP) is 1.50. The second-order valence-corrected chi connectivity index (χ2v) is 3.07. The number of pyridine rings is 1. The van der Waals surface area contributed by atoms with E-state index in [2.05, 4.69) is 10.1 Å². The van der Waals surface area contributed by atoms with Crippen molar-refractivity contribution < 1.29 is 4.52 Å². The monoisotopic (exact) mass is 189 g/mol. The maximum atomic E-state index is 5.56. The summed E-state index contributed by atoms with van der Waals surface area (Å²) in [7, 11) is 0. The molecule has 2 aromatic heterocycles. The highest BCUT2D eigenvalue weighted by Gasteiger charge is 2.11. The van der Waals surface area contributed by atoms with Gasteiger partial charge in [-0.05, 0) is 18.6 Å². The maximum Gasteiger partial charge on any atom is 0.173 e. The first-order valence-electron chi connectivity index (χ1n) is 4.37. The predicted molar refractivity (Wildman–Crippen MR) is 52.4 cm³/mol. The molecule has 0 aliphatic carbocycles. The van der Waals surface area contributed by atoms with Crippen molar-refractivity contribution in [1.29, 1.82) is 0 Å². The summed E-state index contributed by atoms with van der Waals surface area (Å²) < 4.78 is 5.15. The third-order valence-corrected chi connectivity index (χ3v) is 2.15. The number of rotatable bonds is 2. The fourth-order valence-corrected chi connectivity index (χ4v) is 1.33. The van der Waals surface area contributed by atoms with Crippen molar-refractivity contribution in [3.63, 3.8) is 0 Å². The standard InChI is InChI=1S/C10H11N3O/c1-7-2-3-12-6-9(7)10-8(4-11)5-13-14-10/h2-3,5-6H,4,11H2,1H3. The Balaban J connectivity index is 2.54. The quantitative estimate of drug-likeness (QED) is 0.777. The number of nitrogens with zero attached hydrogens (tertiary/aromatic N) is 2. The molecule has 72 valence electrons. The van der Waals surface area contributed by atoms with Gasteiger partial charge in [-0.25, -0.2) is 0 Å². The SMILES string of the molecule is Cc1ccncc1-c1oncc1CN. The average molecular weight is 189 g/mol. The molecule has 0 fully saturated rings. The van der Waals surface area contributed by atoms with Crippen LogP contribution in [0.3, 0.4) is 0 Å². The second kappa shape index (κ2) is 3.59. The Labute approximate surface area is 81.7 Å². The fraction of sp³-hybridized carbons (Fsp3) is 0.200. The first-order valence-corrected chi connectivity index (χ1v) is 4.37. The van der Waals surface area contributed by atoms with Crippen molar-refractivity contribution in [3.05, 3.63) is 35.8 Å². The highest BCUT2D eigenvalue weighted by atomic mass is 16.5. The summed E-state index contributed by atoms with van der Waals surface area (Å²) >= 11 is 0. The topological polar surface area (TPSA) is 64.9 Å². The molecule has 0 saturated carbocycles. The van der Waals surface area contributed by atoms with Crippen molar-refractivity contribution in [2.45, 2.75) is 13.5 Å². The van der Waals surface area contributed by atoms with Crippen LogP contribution in [0.25, 0.3) is 11.3 Å². The number of hydrogen-bond donors (Lipinski definition) is 1. The van der Waals surface area contributed by atoms with Gasteiger partial charge in [-0.1, -0.05) is 5.16 Å². The number of aryl methyl sites for hydroxylation is 1. The first-order chi connectivity index (χ1) is 6.83. The van der Waals surface area contributed by atoms with Gasteiger partial charge in [0, 0.05) is 30.1 Å². The van der Waals surface area contributed by atoms with Crippen LogP contribution in [0.1, 0.15) is 11.1 Å². The molecule has 0 saturated heterocycles. The molecule has 4 nitrogen and oxygen atoms in total. The van der Waals surface area contributed by atoms with Gasteiger partial charge in [0.05, 0.1) is 6.20 Å². The summed E-state index contributed by atoms with van der Waals surface area (Å²) in [5.74, 6) is 0.720. The van der Waals surface area contributed by atoms with Gasteiger partial charge in [0.2, 0.25) is 0 Å². The van der Waals surface area contributed by atoms with Crippen LogP contribution < -0.4 is 5.73 Å². The summed E-state index contributed by atoms with van der Waals surface area (Å²) in [6, 6.07) is 1.93. The Hall–Kier alpha value is -1.68. The number of nitrogens with two attached hydrogens (primary N) is 1. The zero-order valence-corrected chi connectivity index (χ0v) is 7.90. The normalized spacial score (nSPS) is 10.4. The van der Waals surface area contributed by atoms with Crippen molar-refractivity contribution in [2.75, 3.05) is 0 Å². The zero-order valence-electron chi connectivity index (χ0n) is 7.90. The minimum Gasteiger partial charge on any atom is -0.356 e.